The second-order valence-corrected chi connectivity index (χ2v) is 11.3. The van der Waals surface area contributed by atoms with Gasteiger partial charge in [-0.05, 0) is 55.2 Å². The number of aromatic nitrogens is 2. The maximum atomic E-state index is 13.5. The highest BCUT2D eigenvalue weighted by molar-refractivity contribution is 7.90. The van der Waals surface area contributed by atoms with Crippen molar-refractivity contribution < 1.29 is 31.1 Å². The molecule has 0 N–H and O–H groups in total. The summed E-state index contributed by atoms with van der Waals surface area (Å²) in [5.74, 6) is 0.412. The van der Waals surface area contributed by atoms with E-state index >= 15 is 0 Å². The van der Waals surface area contributed by atoms with Crippen LogP contribution in [0.15, 0.2) is 53.6 Å². The van der Waals surface area contributed by atoms with E-state index in [1.807, 2.05) is 0 Å². The van der Waals surface area contributed by atoms with E-state index < -0.39 is 21.6 Å². The van der Waals surface area contributed by atoms with E-state index in [1.165, 1.54) is 28.9 Å². The predicted octanol–water partition coefficient (Wildman–Crippen LogP) is 4.28. The number of hydrogen-bond donors (Lipinski definition) is 0. The Labute approximate surface area is 206 Å². The van der Waals surface area contributed by atoms with Gasteiger partial charge in [0.15, 0.2) is 9.84 Å². The van der Waals surface area contributed by atoms with E-state index in [2.05, 4.69) is 5.10 Å². The summed E-state index contributed by atoms with van der Waals surface area (Å²) in [4.78, 5) is 15.1. The topological polar surface area (TPSA) is 81.5 Å². The molecule has 2 aliphatic rings. The molecule has 0 bridgehead atoms. The number of fused-ring (bicyclic) bond motifs is 1. The number of alkyl halides is 3. The van der Waals surface area contributed by atoms with Gasteiger partial charge in [-0.25, -0.2) is 13.1 Å². The molecule has 1 amide bonds. The van der Waals surface area contributed by atoms with Gasteiger partial charge in [-0.2, -0.15) is 18.3 Å². The average Bonchev–Trinajstić information content (AvgIpc) is 3.57. The van der Waals surface area contributed by atoms with Crippen molar-refractivity contribution in [1.82, 2.24) is 14.7 Å². The molecule has 1 aliphatic heterocycles. The molecule has 1 saturated carbocycles. The quantitative estimate of drug-likeness (QED) is 0.486. The van der Waals surface area contributed by atoms with Crippen LogP contribution in [-0.2, 0) is 29.0 Å². The van der Waals surface area contributed by atoms with Crippen molar-refractivity contribution in [2.24, 2.45) is 5.92 Å². The van der Waals surface area contributed by atoms with Gasteiger partial charge in [0.1, 0.15) is 5.75 Å². The van der Waals surface area contributed by atoms with E-state index in [0.29, 0.717) is 42.5 Å². The van der Waals surface area contributed by atoms with Gasteiger partial charge in [-0.15, -0.1) is 0 Å². The van der Waals surface area contributed by atoms with Gasteiger partial charge in [0.05, 0.1) is 40.2 Å². The van der Waals surface area contributed by atoms with Gasteiger partial charge in [0.2, 0.25) is 0 Å². The Kier molecular flexibility index (Phi) is 6.06. The highest BCUT2D eigenvalue weighted by Crippen LogP contribution is 2.33. The number of hydrogen-bond acceptors (Lipinski definition) is 5. The second kappa shape index (κ2) is 8.95. The smallest absolute Gasteiger partial charge is 0.416 e. The van der Waals surface area contributed by atoms with Gasteiger partial charge >= 0.3 is 6.18 Å². The summed E-state index contributed by atoms with van der Waals surface area (Å²) < 4.78 is 71.1. The van der Waals surface area contributed by atoms with Crippen molar-refractivity contribution in [1.29, 1.82) is 0 Å². The van der Waals surface area contributed by atoms with Gasteiger partial charge in [0.25, 0.3) is 5.91 Å². The summed E-state index contributed by atoms with van der Waals surface area (Å²) in [5.41, 5.74) is 1.15. The minimum atomic E-state index is -4.47. The molecule has 1 aromatic heterocycles. The molecule has 11 heteroatoms. The lowest BCUT2D eigenvalue weighted by molar-refractivity contribution is -0.137. The first-order valence-corrected chi connectivity index (χ1v) is 13.4. The summed E-state index contributed by atoms with van der Waals surface area (Å²) in [6, 6.07) is 9.25. The lowest BCUT2D eigenvalue weighted by Gasteiger charge is -2.28. The summed E-state index contributed by atoms with van der Waals surface area (Å²) >= 11 is 0. The zero-order valence-electron chi connectivity index (χ0n) is 19.5. The number of benzene rings is 2. The van der Waals surface area contributed by atoms with Gasteiger partial charge in [-0.1, -0.05) is 6.07 Å². The van der Waals surface area contributed by atoms with E-state index in [4.69, 9.17) is 4.74 Å². The Bertz CT molecular complexity index is 1430. The monoisotopic (exact) mass is 519 g/mol. The zero-order valence-corrected chi connectivity index (χ0v) is 20.3. The van der Waals surface area contributed by atoms with Gasteiger partial charge in [-0.3, -0.25) is 4.79 Å². The van der Waals surface area contributed by atoms with Crippen LogP contribution in [0, 0.1) is 5.92 Å². The molecule has 0 radical (unpaired) electrons. The molecule has 0 atom stereocenters. The molecule has 0 unspecified atom stereocenters. The van der Waals surface area contributed by atoms with Crippen LogP contribution in [-0.4, -0.2) is 48.4 Å². The third kappa shape index (κ3) is 4.97. The van der Waals surface area contributed by atoms with Crippen molar-refractivity contribution >= 4 is 15.7 Å². The molecule has 2 heterocycles. The molecule has 190 valence electrons. The van der Waals surface area contributed by atoms with Crippen LogP contribution >= 0.6 is 0 Å². The summed E-state index contributed by atoms with van der Waals surface area (Å²) in [6.45, 7) is 0.951. The zero-order chi connectivity index (χ0) is 25.7. The third-order valence-corrected chi connectivity index (χ3v) is 7.53. The first-order chi connectivity index (χ1) is 17.0. The number of ether oxygens (including phenoxy) is 1. The number of rotatable bonds is 6. The SMILES string of the molecule is CS(=O)(=O)c1ccc(OCC2CC2)c(C(=O)N2CCc3c(cnn3-c3cccc(C(F)(F)F)c3)C2)c1. The fourth-order valence-corrected chi connectivity index (χ4v) is 4.88. The minimum absolute atomic E-state index is 0.0275. The Morgan fingerprint density at radius 3 is 2.64 bits per heavy atom. The van der Waals surface area contributed by atoms with E-state index in [9.17, 15) is 26.4 Å². The lowest BCUT2D eigenvalue weighted by Crippen LogP contribution is -2.36. The standard InChI is InChI=1S/C25H24F3N3O4S/c1-36(33,34)20-7-8-23(35-15-16-5-6-16)21(12-20)24(32)30-10-9-22-17(14-30)13-29-31(22)19-4-2-3-18(11-19)25(26,27)28/h2-4,7-8,11-13,16H,5-6,9-10,14-15H2,1H3. The summed E-state index contributed by atoms with van der Waals surface area (Å²) in [5, 5.41) is 4.28. The number of carbonyl (C=O) groups is 1. The van der Waals surface area contributed by atoms with Crippen LogP contribution in [0.5, 0.6) is 5.75 Å². The van der Waals surface area contributed by atoms with E-state index in [0.717, 1.165) is 36.9 Å². The van der Waals surface area contributed by atoms with Crippen molar-refractivity contribution in [2.75, 3.05) is 19.4 Å². The third-order valence-electron chi connectivity index (χ3n) is 6.42. The number of amides is 1. The van der Waals surface area contributed by atoms with Crippen LogP contribution in [0.2, 0.25) is 0 Å². The molecule has 1 aliphatic carbocycles. The molecule has 7 nitrogen and oxygen atoms in total. The molecule has 1 fully saturated rings. The fourth-order valence-electron chi connectivity index (χ4n) is 4.24. The summed E-state index contributed by atoms with van der Waals surface area (Å²) in [7, 11) is -3.54. The Morgan fingerprint density at radius 1 is 1.17 bits per heavy atom. The van der Waals surface area contributed by atoms with Crippen molar-refractivity contribution in [3.05, 3.63) is 71.0 Å². The molecule has 2 aromatic carbocycles. The summed E-state index contributed by atoms with van der Waals surface area (Å²) in [6.07, 6.45) is 0.668. The van der Waals surface area contributed by atoms with Crippen LogP contribution in [0.1, 0.15) is 40.0 Å². The normalized spacial score (nSPS) is 16.1. The average molecular weight is 520 g/mol. The van der Waals surface area contributed by atoms with Crippen LogP contribution < -0.4 is 4.74 Å². The van der Waals surface area contributed by atoms with Crippen LogP contribution in [0.3, 0.4) is 0 Å². The van der Waals surface area contributed by atoms with Crippen molar-refractivity contribution in [2.45, 2.75) is 36.9 Å². The Hall–Kier alpha value is -3.34. The number of halogens is 3. The first-order valence-electron chi connectivity index (χ1n) is 11.5. The molecule has 36 heavy (non-hydrogen) atoms. The molecule has 5 rings (SSSR count). The Balaban J connectivity index is 1.41. The highest BCUT2D eigenvalue weighted by Gasteiger charge is 2.32. The molecule has 3 aromatic rings. The predicted molar refractivity (Wildman–Crippen MR) is 125 cm³/mol. The second-order valence-electron chi connectivity index (χ2n) is 9.24. The first kappa shape index (κ1) is 24.4. The van der Waals surface area contributed by atoms with Crippen LogP contribution in [0.4, 0.5) is 13.2 Å². The molecule has 0 saturated heterocycles. The maximum Gasteiger partial charge on any atom is 0.416 e. The minimum Gasteiger partial charge on any atom is -0.492 e. The number of sulfone groups is 1. The maximum absolute atomic E-state index is 13.5. The Morgan fingerprint density at radius 2 is 1.94 bits per heavy atom. The van der Waals surface area contributed by atoms with Crippen LogP contribution in [0.25, 0.3) is 5.69 Å². The van der Waals surface area contributed by atoms with E-state index in [1.54, 1.807) is 17.2 Å². The molecular weight excluding hydrogens is 495 g/mol. The molecular formula is C25H24F3N3O4S. The number of nitrogens with zero attached hydrogens (tertiary/aromatic N) is 3. The largest absolute Gasteiger partial charge is 0.492 e. The lowest BCUT2D eigenvalue weighted by atomic mass is 10.1. The molecule has 0 spiro atoms. The van der Waals surface area contributed by atoms with Crippen molar-refractivity contribution in [3.63, 3.8) is 0 Å². The van der Waals surface area contributed by atoms with Crippen molar-refractivity contribution in [3.8, 4) is 11.4 Å². The highest BCUT2D eigenvalue weighted by atomic mass is 32.2. The van der Waals surface area contributed by atoms with Gasteiger partial charge < -0.3 is 9.64 Å². The van der Waals surface area contributed by atoms with E-state index in [-0.39, 0.29) is 22.9 Å². The fraction of sp³-hybridized carbons (Fsp3) is 0.360. The van der Waals surface area contributed by atoms with Gasteiger partial charge in [0, 0.05) is 31.3 Å². The number of carbonyl (C=O) groups excluding carboxylic acids is 1.